The van der Waals surface area contributed by atoms with E-state index < -0.39 is 0 Å². The highest BCUT2D eigenvalue weighted by Gasteiger charge is 2.42. The number of rotatable bonds is 6. The summed E-state index contributed by atoms with van der Waals surface area (Å²) in [6, 6.07) is 7.90. The Morgan fingerprint density at radius 3 is 2.69 bits per heavy atom. The van der Waals surface area contributed by atoms with Crippen LogP contribution in [0.1, 0.15) is 50.5 Å². The van der Waals surface area contributed by atoms with Crippen molar-refractivity contribution in [1.82, 2.24) is 10.2 Å². The van der Waals surface area contributed by atoms with Gasteiger partial charge in [0.15, 0.2) is 0 Å². The molecule has 1 aliphatic heterocycles. The molecule has 2 atom stereocenters. The Balaban J connectivity index is 1.80. The van der Waals surface area contributed by atoms with E-state index in [1.54, 1.807) is 7.11 Å². The zero-order chi connectivity index (χ0) is 18.5. The molecule has 0 unspecified atom stereocenters. The summed E-state index contributed by atoms with van der Waals surface area (Å²) in [5.74, 6) is 1.06. The van der Waals surface area contributed by atoms with Crippen molar-refractivity contribution < 1.29 is 14.3 Å². The number of carbonyl (C=O) groups excluding carboxylic acids is 2. The molecule has 2 aliphatic rings. The summed E-state index contributed by atoms with van der Waals surface area (Å²) in [4.78, 5) is 27.6. The zero-order valence-corrected chi connectivity index (χ0v) is 15.9. The summed E-state index contributed by atoms with van der Waals surface area (Å²) in [5, 5.41) is 3.02. The summed E-state index contributed by atoms with van der Waals surface area (Å²) in [6.45, 7) is 3.86. The van der Waals surface area contributed by atoms with Crippen LogP contribution in [0.15, 0.2) is 24.3 Å². The average molecular weight is 358 g/mol. The van der Waals surface area contributed by atoms with Crippen molar-refractivity contribution in [3.05, 3.63) is 29.8 Å². The molecule has 5 nitrogen and oxygen atoms in total. The van der Waals surface area contributed by atoms with E-state index in [9.17, 15) is 9.59 Å². The van der Waals surface area contributed by atoms with Gasteiger partial charge in [-0.3, -0.25) is 9.59 Å². The maximum Gasteiger partial charge on any atom is 0.225 e. The van der Waals surface area contributed by atoms with E-state index in [-0.39, 0.29) is 29.6 Å². The second kappa shape index (κ2) is 8.56. The molecule has 1 aromatic carbocycles. The monoisotopic (exact) mass is 358 g/mol. The van der Waals surface area contributed by atoms with Crippen molar-refractivity contribution in [2.24, 2.45) is 11.8 Å². The fourth-order valence-corrected chi connectivity index (χ4v) is 4.27. The Morgan fingerprint density at radius 2 is 2.00 bits per heavy atom. The highest BCUT2D eigenvalue weighted by Crippen LogP contribution is 2.36. The van der Waals surface area contributed by atoms with E-state index in [0.29, 0.717) is 19.6 Å². The van der Waals surface area contributed by atoms with Gasteiger partial charge in [0.2, 0.25) is 11.8 Å². The minimum absolute atomic E-state index is 0.0207. The van der Waals surface area contributed by atoms with Crippen LogP contribution in [0, 0.1) is 11.8 Å². The van der Waals surface area contributed by atoms with Crippen LogP contribution in [-0.2, 0) is 9.59 Å². The summed E-state index contributed by atoms with van der Waals surface area (Å²) in [6.07, 6.45) is 5.18. The van der Waals surface area contributed by atoms with Gasteiger partial charge in [-0.25, -0.2) is 0 Å². The third kappa shape index (κ3) is 4.02. The topological polar surface area (TPSA) is 58.6 Å². The molecule has 2 fully saturated rings. The van der Waals surface area contributed by atoms with Crippen molar-refractivity contribution in [3.8, 4) is 5.75 Å². The fraction of sp³-hybridized carbons (Fsp3) is 0.619. The van der Waals surface area contributed by atoms with Crippen LogP contribution >= 0.6 is 0 Å². The van der Waals surface area contributed by atoms with Gasteiger partial charge in [0.1, 0.15) is 5.75 Å². The van der Waals surface area contributed by atoms with Gasteiger partial charge in [-0.15, -0.1) is 0 Å². The molecule has 1 saturated carbocycles. The first-order valence-corrected chi connectivity index (χ1v) is 9.84. The number of hydrogen-bond donors (Lipinski definition) is 1. The Labute approximate surface area is 156 Å². The third-order valence-electron chi connectivity index (χ3n) is 5.74. The molecule has 1 heterocycles. The SMILES string of the molecule is CCCNC(=O)[C@@H]1CN(C(=O)C2CCCC2)C[C@@H]1c1cccc(OC)c1. The van der Waals surface area contributed by atoms with Crippen LogP contribution < -0.4 is 10.1 Å². The van der Waals surface area contributed by atoms with Crippen molar-refractivity contribution in [3.63, 3.8) is 0 Å². The van der Waals surface area contributed by atoms with Gasteiger partial charge in [-0.1, -0.05) is 31.9 Å². The maximum atomic E-state index is 12.9. The summed E-state index contributed by atoms with van der Waals surface area (Å²) in [5.41, 5.74) is 1.07. The number of nitrogens with one attached hydrogen (secondary N) is 1. The van der Waals surface area contributed by atoms with E-state index >= 15 is 0 Å². The van der Waals surface area contributed by atoms with Gasteiger partial charge in [0, 0.05) is 31.5 Å². The van der Waals surface area contributed by atoms with Gasteiger partial charge in [-0.2, -0.15) is 0 Å². The summed E-state index contributed by atoms with van der Waals surface area (Å²) >= 11 is 0. The Bertz CT molecular complexity index is 640. The first kappa shape index (κ1) is 18.7. The standard InChI is InChI=1S/C21H30N2O3/c1-3-11-22-20(24)19-14-23(21(25)15-7-4-5-8-15)13-18(19)16-9-6-10-17(12-16)26-2/h6,9-10,12,15,18-19H,3-5,7-8,11,13-14H2,1-2H3,(H,22,24)/t18-,19-/m1/s1. The first-order valence-electron chi connectivity index (χ1n) is 9.84. The minimum Gasteiger partial charge on any atom is -0.497 e. The molecule has 0 spiro atoms. The summed E-state index contributed by atoms with van der Waals surface area (Å²) in [7, 11) is 1.65. The van der Waals surface area contributed by atoms with E-state index in [1.807, 2.05) is 36.1 Å². The van der Waals surface area contributed by atoms with E-state index in [4.69, 9.17) is 4.74 Å². The van der Waals surface area contributed by atoms with Crippen molar-refractivity contribution >= 4 is 11.8 Å². The Hall–Kier alpha value is -2.04. The van der Waals surface area contributed by atoms with E-state index in [0.717, 1.165) is 43.4 Å². The van der Waals surface area contributed by atoms with Gasteiger partial charge < -0.3 is 15.0 Å². The highest BCUT2D eigenvalue weighted by atomic mass is 16.5. The number of ether oxygens (including phenoxy) is 1. The lowest BCUT2D eigenvalue weighted by Crippen LogP contribution is -2.37. The van der Waals surface area contributed by atoms with Crippen molar-refractivity contribution in [2.75, 3.05) is 26.7 Å². The van der Waals surface area contributed by atoms with Crippen molar-refractivity contribution in [1.29, 1.82) is 0 Å². The predicted molar refractivity (Wildman–Crippen MR) is 101 cm³/mol. The molecule has 1 N–H and O–H groups in total. The van der Waals surface area contributed by atoms with Crippen LogP contribution in [0.2, 0.25) is 0 Å². The zero-order valence-electron chi connectivity index (χ0n) is 15.9. The Kier molecular flexibility index (Phi) is 6.17. The van der Waals surface area contributed by atoms with Gasteiger partial charge in [0.05, 0.1) is 13.0 Å². The van der Waals surface area contributed by atoms with Crippen LogP contribution in [0.25, 0.3) is 0 Å². The normalized spacial score (nSPS) is 23.2. The average Bonchev–Trinajstić information content (AvgIpc) is 3.35. The summed E-state index contributed by atoms with van der Waals surface area (Å²) < 4.78 is 5.35. The number of benzene rings is 1. The Morgan fingerprint density at radius 1 is 1.23 bits per heavy atom. The molecule has 3 rings (SSSR count). The fourth-order valence-electron chi connectivity index (χ4n) is 4.27. The third-order valence-corrected chi connectivity index (χ3v) is 5.74. The lowest BCUT2D eigenvalue weighted by atomic mass is 9.88. The molecule has 0 bridgehead atoms. The van der Waals surface area contributed by atoms with Crippen LogP contribution in [0.3, 0.4) is 0 Å². The number of carbonyl (C=O) groups is 2. The molecule has 142 valence electrons. The van der Waals surface area contributed by atoms with Crippen LogP contribution in [0.5, 0.6) is 5.75 Å². The highest BCUT2D eigenvalue weighted by molar-refractivity contribution is 5.84. The largest absolute Gasteiger partial charge is 0.497 e. The molecule has 26 heavy (non-hydrogen) atoms. The minimum atomic E-state index is -0.195. The number of likely N-dealkylation sites (tertiary alicyclic amines) is 1. The quantitative estimate of drug-likeness (QED) is 0.850. The molecule has 1 saturated heterocycles. The number of methoxy groups -OCH3 is 1. The number of amides is 2. The number of hydrogen-bond acceptors (Lipinski definition) is 3. The van der Waals surface area contributed by atoms with E-state index in [1.165, 1.54) is 0 Å². The predicted octanol–water partition coefficient (Wildman–Crippen LogP) is 2.95. The van der Waals surface area contributed by atoms with Crippen molar-refractivity contribution in [2.45, 2.75) is 44.9 Å². The van der Waals surface area contributed by atoms with Gasteiger partial charge in [0.25, 0.3) is 0 Å². The molecule has 1 aromatic rings. The van der Waals surface area contributed by atoms with Crippen LogP contribution in [-0.4, -0.2) is 43.5 Å². The molecule has 0 aromatic heterocycles. The first-order chi connectivity index (χ1) is 12.6. The van der Waals surface area contributed by atoms with Crippen LogP contribution in [0.4, 0.5) is 0 Å². The molecule has 2 amide bonds. The lowest BCUT2D eigenvalue weighted by molar-refractivity contribution is -0.134. The van der Waals surface area contributed by atoms with Gasteiger partial charge >= 0.3 is 0 Å². The second-order valence-corrected chi connectivity index (χ2v) is 7.51. The van der Waals surface area contributed by atoms with E-state index in [2.05, 4.69) is 5.32 Å². The smallest absolute Gasteiger partial charge is 0.225 e. The molecule has 5 heteroatoms. The second-order valence-electron chi connectivity index (χ2n) is 7.51. The maximum absolute atomic E-state index is 12.9. The molecular formula is C21H30N2O3. The molecular weight excluding hydrogens is 328 g/mol. The lowest BCUT2D eigenvalue weighted by Gasteiger charge is -2.20. The number of nitrogens with zero attached hydrogens (tertiary/aromatic N) is 1. The molecule has 0 radical (unpaired) electrons. The molecule has 1 aliphatic carbocycles. The van der Waals surface area contributed by atoms with Gasteiger partial charge in [-0.05, 0) is 37.0 Å².